The highest BCUT2D eigenvalue weighted by atomic mass is 16.1. The van der Waals surface area contributed by atoms with E-state index in [1.54, 1.807) is 6.92 Å². The van der Waals surface area contributed by atoms with Crippen molar-refractivity contribution in [1.82, 2.24) is 15.5 Å². The number of carbonyl (C=O) groups is 1. The van der Waals surface area contributed by atoms with Gasteiger partial charge in [-0.25, -0.2) is 0 Å². The molecule has 4 heteroatoms. The minimum absolute atomic E-state index is 0.0781. The van der Waals surface area contributed by atoms with Crippen LogP contribution < -0.4 is 10.6 Å². The lowest BCUT2D eigenvalue weighted by molar-refractivity contribution is -0.119. The second kappa shape index (κ2) is 8.88. The van der Waals surface area contributed by atoms with Gasteiger partial charge in [-0.15, -0.1) is 0 Å². The van der Waals surface area contributed by atoms with Gasteiger partial charge in [-0.05, 0) is 31.1 Å². The third-order valence-electron chi connectivity index (χ3n) is 5.38. The van der Waals surface area contributed by atoms with Crippen LogP contribution in [0.4, 0.5) is 0 Å². The summed E-state index contributed by atoms with van der Waals surface area (Å²) >= 11 is 0. The Hall–Kier alpha value is -0.610. The first kappa shape index (κ1) is 17.7. The van der Waals surface area contributed by atoms with Crippen LogP contribution in [0.25, 0.3) is 0 Å². The summed E-state index contributed by atoms with van der Waals surface area (Å²) in [6.45, 7) is 10.4. The van der Waals surface area contributed by atoms with E-state index in [9.17, 15) is 4.79 Å². The van der Waals surface area contributed by atoms with Gasteiger partial charge >= 0.3 is 0 Å². The number of piperidine rings is 1. The second-order valence-corrected chi connectivity index (χ2v) is 7.68. The zero-order valence-electron chi connectivity index (χ0n) is 14.7. The highest BCUT2D eigenvalue weighted by Gasteiger charge is 2.30. The molecule has 0 aromatic carbocycles. The van der Waals surface area contributed by atoms with Crippen molar-refractivity contribution in [1.29, 1.82) is 0 Å². The molecule has 1 aliphatic heterocycles. The number of likely N-dealkylation sites (tertiary alicyclic amines) is 1. The maximum absolute atomic E-state index is 11.0. The van der Waals surface area contributed by atoms with E-state index < -0.39 is 0 Å². The van der Waals surface area contributed by atoms with Crippen LogP contribution in [0.1, 0.15) is 59.3 Å². The lowest BCUT2D eigenvalue weighted by Crippen LogP contribution is -2.54. The molecule has 1 heterocycles. The third-order valence-corrected chi connectivity index (χ3v) is 5.38. The zero-order chi connectivity index (χ0) is 15.9. The van der Waals surface area contributed by atoms with Gasteiger partial charge in [0.2, 0.25) is 5.91 Å². The van der Waals surface area contributed by atoms with Gasteiger partial charge in [-0.1, -0.05) is 33.1 Å². The molecule has 22 heavy (non-hydrogen) atoms. The molecule has 0 aromatic heterocycles. The smallest absolute Gasteiger partial charge is 0.216 e. The van der Waals surface area contributed by atoms with Gasteiger partial charge in [0.25, 0.3) is 0 Å². The molecule has 0 bridgehead atoms. The molecule has 4 nitrogen and oxygen atoms in total. The Morgan fingerprint density at radius 1 is 1.14 bits per heavy atom. The molecule has 1 saturated heterocycles. The predicted molar refractivity (Wildman–Crippen MR) is 91.9 cm³/mol. The molecule has 1 saturated carbocycles. The maximum Gasteiger partial charge on any atom is 0.216 e. The first-order valence-electron chi connectivity index (χ1n) is 9.27. The van der Waals surface area contributed by atoms with E-state index in [1.165, 1.54) is 45.1 Å². The zero-order valence-corrected chi connectivity index (χ0v) is 14.7. The SMILES string of the molecule is CC(=O)NCCN1CC(NC2CCCCC2)CC(C(C)C)C1. The van der Waals surface area contributed by atoms with E-state index in [2.05, 4.69) is 29.4 Å². The Morgan fingerprint density at radius 3 is 2.50 bits per heavy atom. The molecule has 1 aliphatic carbocycles. The molecular weight excluding hydrogens is 274 g/mol. The molecular formula is C18H35N3O. The van der Waals surface area contributed by atoms with Crippen LogP contribution in [0.2, 0.25) is 0 Å². The van der Waals surface area contributed by atoms with Crippen LogP contribution >= 0.6 is 0 Å². The fourth-order valence-corrected chi connectivity index (χ4v) is 4.01. The standard InChI is InChI=1S/C18H35N3O/c1-14(2)16-11-18(20-17-7-5-4-6-8-17)13-21(12-16)10-9-19-15(3)22/h14,16-18,20H,4-13H2,1-3H3,(H,19,22). The maximum atomic E-state index is 11.0. The molecule has 2 fully saturated rings. The minimum Gasteiger partial charge on any atom is -0.355 e. The number of carbonyl (C=O) groups excluding carboxylic acids is 1. The van der Waals surface area contributed by atoms with Gasteiger partial charge in [-0.3, -0.25) is 9.69 Å². The second-order valence-electron chi connectivity index (χ2n) is 7.68. The minimum atomic E-state index is 0.0781. The summed E-state index contributed by atoms with van der Waals surface area (Å²) in [7, 11) is 0. The van der Waals surface area contributed by atoms with Gasteiger partial charge < -0.3 is 10.6 Å². The van der Waals surface area contributed by atoms with Crippen LogP contribution in [0.15, 0.2) is 0 Å². The summed E-state index contributed by atoms with van der Waals surface area (Å²) in [5.74, 6) is 1.58. The monoisotopic (exact) mass is 309 g/mol. The van der Waals surface area contributed by atoms with Crippen LogP contribution in [-0.2, 0) is 4.79 Å². The van der Waals surface area contributed by atoms with E-state index in [1.807, 2.05) is 0 Å². The van der Waals surface area contributed by atoms with Crippen LogP contribution in [0.3, 0.4) is 0 Å². The first-order valence-corrected chi connectivity index (χ1v) is 9.27. The number of rotatable bonds is 6. The molecule has 2 atom stereocenters. The first-order chi connectivity index (χ1) is 10.5. The highest BCUT2D eigenvalue weighted by Crippen LogP contribution is 2.25. The number of hydrogen-bond acceptors (Lipinski definition) is 3. The summed E-state index contributed by atoms with van der Waals surface area (Å²) in [6.07, 6.45) is 8.23. The molecule has 2 aliphatic rings. The van der Waals surface area contributed by atoms with Crippen molar-refractivity contribution in [3.8, 4) is 0 Å². The summed E-state index contributed by atoms with van der Waals surface area (Å²) in [6, 6.07) is 1.36. The summed E-state index contributed by atoms with van der Waals surface area (Å²) in [5.41, 5.74) is 0. The van der Waals surface area contributed by atoms with Gasteiger partial charge in [0.1, 0.15) is 0 Å². The Bertz CT molecular complexity index is 339. The Morgan fingerprint density at radius 2 is 1.86 bits per heavy atom. The number of nitrogens with one attached hydrogen (secondary N) is 2. The normalized spacial score (nSPS) is 28.0. The van der Waals surface area contributed by atoms with Crippen LogP contribution in [0, 0.1) is 11.8 Å². The van der Waals surface area contributed by atoms with Gasteiger partial charge in [0.15, 0.2) is 0 Å². The van der Waals surface area contributed by atoms with Gasteiger partial charge in [0, 0.05) is 45.2 Å². The molecule has 128 valence electrons. The quantitative estimate of drug-likeness (QED) is 0.792. The van der Waals surface area contributed by atoms with Crippen molar-refractivity contribution in [3.63, 3.8) is 0 Å². The van der Waals surface area contributed by atoms with Gasteiger partial charge in [0.05, 0.1) is 0 Å². The number of hydrogen-bond donors (Lipinski definition) is 2. The van der Waals surface area contributed by atoms with Crippen molar-refractivity contribution >= 4 is 5.91 Å². The predicted octanol–water partition coefficient (Wildman–Crippen LogP) is 2.39. The van der Waals surface area contributed by atoms with Crippen molar-refractivity contribution < 1.29 is 4.79 Å². The number of nitrogens with zero attached hydrogens (tertiary/aromatic N) is 1. The summed E-state index contributed by atoms with van der Waals surface area (Å²) in [5, 5.41) is 6.87. The average molecular weight is 309 g/mol. The Kier molecular flexibility index (Phi) is 7.16. The van der Waals surface area contributed by atoms with Crippen LogP contribution in [0.5, 0.6) is 0 Å². The highest BCUT2D eigenvalue weighted by molar-refractivity contribution is 5.72. The number of amides is 1. The Labute approximate surface area is 136 Å². The molecule has 0 spiro atoms. The van der Waals surface area contributed by atoms with E-state index >= 15 is 0 Å². The topological polar surface area (TPSA) is 44.4 Å². The third kappa shape index (κ3) is 5.88. The lowest BCUT2D eigenvalue weighted by Gasteiger charge is -2.41. The molecule has 0 aromatic rings. The molecule has 2 rings (SSSR count). The molecule has 1 amide bonds. The fourth-order valence-electron chi connectivity index (χ4n) is 4.01. The summed E-state index contributed by atoms with van der Waals surface area (Å²) in [4.78, 5) is 13.6. The van der Waals surface area contributed by atoms with Crippen molar-refractivity contribution in [3.05, 3.63) is 0 Å². The largest absolute Gasteiger partial charge is 0.355 e. The van der Waals surface area contributed by atoms with Crippen molar-refractivity contribution in [2.75, 3.05) is 26.2 Å². The molecule has 2 N–H and O–H groups in total. The molecule has 0 radical (unpaired) electrons. The fraction of sp³-hybridized carbons (Fsp3) is 0.944. The van der Waals surface area contributed by atoms with Crippen LogP contribution in [-0.4, -0.2) is 49.1 Å². The van der Waals surface area contributed by atoms with E-state index in [4.69, 9.17) is 0 Å². The average Bonchev–Trinajstić information content (AvgIpc) is 2.47. The van der Waals surface area contributed by atoms with E-state index in [0.717, 1.165) is 37.5 Å². The Balaban J connectivity index is 1.83. The molecule has 2 unspecified atom stereocenters. The van der Waals surface area contributed by atoms with E-state index in [-0.39, 0.29) is 5.91 Å². The van der Waals surface area contributed by atoms with Gasteiger partial charge in [-0.2, -0.15) is 0 Å². The lowest BCUT2D eigenvalue weighted by atomic mass is 9.84. The van der Waals surface area contributed by atoms with E-state index in [0.29, 0.717) is 6.04 Å². The van der Waals surface area contributed by atoms with Crippen molar-refractivity contribution in [2.24, 2.45) is 11.8 Å². The summed E-state index contributed by atoms with van der Waals surface area (Å²) < 4.78 is 0. The van der Waals surface area contributed by atoms with Crippen molar-refractivity contribution in [2.45, 2.75) is 71.4 Å².